The zero-order valence-corrected chi connectivity index (χ0v) is 8.51. The molecular formula is C11H15N3. The molecule has 1 aromatic rings. The van der Waals surface area contributed by atoms with Gasteiger partial charge in [-0.1, -0.05) is 0 Å². The second-order valence-electron chi connectivity index (χ2n) is 4.40. The smallest absolute Gasteiger partial charge is 0.129 e. The van der Waals surface area contributed by atoms with E-state index in [4.69, 9.17) is 0 Å². The molecule has 1 aromatic heterocycles. The fourth-order valence-corrected chi connectivity index (χ4v) is 2.07. The Bertz CT molecular complexity index is 369. The Balaban J connectivity index is 1.94. The molecule has 3 rings (SSSR count). The van der Waals surface area contributed by atoms with Crippen LogP contribution in [0.15, 0.2) is 0 Å². The largest absolute Gasteiger partial charge is 0.307 e. The van der Waals surface area contributed by atoms with Crippen LogP contribution in [-0.2, 0) is 19.5 Å². The molecule has 0 radical (unpaired) electrons. The van der Waals surface area contributed by atoms with Crippen molar-refractivity contribution in [2.45, 2.75) is 39.3 Å². The summed E-state index contributed by atoms with van der Waals surface area (Å²) in [6.07, 6.45) is 3.84. The second-order valence-corrected chi connectivity index (χ2v) is 4.40. The molecule has 0 saturated heterocycles. The molecule has 74 valence electrons. The van der Waals surface area contributed by atoms with Crippen molar-refractivity contribution in [3.63, 3.8) is 0 Å². The van der Waals surface area contributed by atoms with Crippen molar-refractivity contribution >= 4 is 0 Å². The van der Waals surface area contributed by atoms with Crippen LogP contribution >= 0.6 is 0 Å². The Labute approximate surface area is 84.0 Å². The first-order chi connectivity index (χ1) is 6.83. The Kier molecular flexibility index (Phi) is 1.80. The Hall–Kier alpha value is -0.960. The van der Waals surface area contributed by atoms with Gasteiger partial charge in [0.2, 0.25) is 0 Å². The number of aromatic nitrogens is 2. The van der Waals surface area contributed by atoms with E-state index < -0.39 is 0 Å². The van der Waals surface area contributed by atoms with Crippen LogP contribution in [0.2, 0.25) is 0 Å². The van der Waals surface area contributed by atoms with E-state index in [-0.39, 0.29) is 0 Å². The van der Waals surface area contributed by atoms with Gasteiger partial charge in [0.05, 0.1) is 5.69 Å². The van der Waals surface area contributed by atoms with Gasteiger partial charge in [0.1, 0.15) is 5.82 Å². The highest BCUT2D eigenvalue weighted by Gasteiger charge is 2.24. The van der Waals surface area contributed by atoms with Crippen molar-refractivity contribution in [2.75, 3.05) is 0 Å². The van der Waals surface area contributed by atoms with Gasteiger partial charge in [0, 0.05) is 30.8 Å². The third-order valence-electron chi connectivity index (χ3n) is 3.11. The Morgan fingerprint density at radius 2 is 2.14 bits per heavy atom. The van der Waals surface area contributed by atoms with Gasteiger partial charge >= 0.3 is 0 Å². The number of nitrogens with zero attached hydrogens (tertiary/aromatic N) is 2. The van der Waals surface area contributed by atoms with Crippen molar-refractivity contribution < 1.29 is 0 Å². The second kappa shape index (κ2) is 3.02. The van der Waals surface area contributed by atoms with Crippen LogP contribution in [0, 0.1) is 12.8 Å². The Morgan fingerprint density at radius 3 is 2.93 bits per heavy atom. The molecule has 0 aromatic carbocycles. The normalized spacial score (nSPS) is 19.8. The van der Waals surface area contributed by atoms with E-state index in [1.807, 2.05) is 0 Å². The minimum absolute atomic E-state index is 0.877. The van der Waals surface area contributed by atoms with E-state index >= 15 is 0 Å². The van der Waals surface area contributed by atoms with Gasteiger partial charge in [-0.25, -0.2) is 9.97 Å². The first-order valence-corrected chi connectivity index (χ1v) is 5.39. The summed E-state index contributed by atoms with van der Waals surface area (Å²) in [6, 6.07) is 0. The molecule has 0 unspecified atom stereocenters. The highest BCUT2D eigenvalue weighted by Crippen LogP contribution is 2.32. The fourth-order valence-electron chi connectivity index (χ4n) is 2.07. The lowest BCUT2D eigenvalue weighted by molar-refractivity contribution is 0.741. The molecule has 0 atom stereocenters. The monoisotopic (exact) mass is 189 g/mol. The van der Waals surface area contributed by atoms with Crippen LogP contribution in [0.5, 0.6) is 0 Å². The maximum absolute atomic E-state index is 4.62. The van der Waals surface area contributed by atoms with Crippen molar-refractivity contribution in [1.29, 1.82) is 0 Å². The van der Waals surface area contributed by atoms with Gasteiger partial charge in [0.25, 0.3) is 0 Å². The fraction of sp³-hybridized carbons (Fsp3) is 0.636. The standard InChI is InChI=1S/C11H15N3/c1-7-9-5-12-6-10(9)14-11(13-7)4-8-2-3-8/h8,12H,2-6H2,1H3. The number of rotatable bonds is 2. The number of aryl methyl sites for hydroxylation is 1. The topological polar surface area (TPSA) is 37.8 Å². The van der Waals surface area contributed by atoms with Gasteiger partial charge in [-0.3, -0.25) is 0 Å². The van der Waals surface area contributed by atoms with Gasteiger partial charge in [-0.05, 0) is 25.7 Å². The van der Waals surface area contributed by atoms with Gasteiger partial charge in [-0.15, -0.1) is 0 Å². The quantitative estimate of drug-likeness (QED) is 0.763. The van der Waals surface area contributed by atoms with Gasteiger partial charge in [0.15, 0.2) is 0 Å². The Morgan fingerprint density at radius 1 is 1.29 bits per heavy atom. The van der Waals surface area contributed by atoms with Crippen LogP contribution in [0.25, 0.3) is 0 Å². The lowest BCUT2D eigenvalue weighted by Crippen LogP contribution is -2.04. The van der Waals surface area contributed by atoms with Crippen LogP contribution in [0.3, 0.4) is 0 Å². The molecule has 1 aliphatic carbocycles. The SMILES string of the molecule is Cc1nc(CC2CC2)nc2c1CNC2. The zero-order valence-electron chi connectivity index (χ0n) is 8.51. The molecular weight excluding hydrogens is 174 g/mol. The van der Waals surface area contributed by atoms with E-state index in [0.29, 0.717) is 0 Å². The van der Waals surface area contributed by atoms with Gasteiger partial charge < -0.3 is 5.32 Å². The molecule has 0 spiro atoms. The van der Waals surface area contributed by atoms with Crippen LogP contribution in [0.1, 0.15) is 35.6 Å². The van der Waals surface area contributed by atoms with Crippen molar-refractivity contribution in [1.82, 2.24) is 15.3 Å². The zero-order chi connectivity index (χ0) is 9.54. The summed E-state index contributed by atoms with van der Waals surface area (Å²) in [6.45, 7) is 3.98. The number of fused-ring (bicyclic) bond motifs is 1. The summed E-state index contributed by atoms with van der Waals surface area (Å²) in [5.41, 5.74) is 3.73. The van der Waals surface area contributed by atoms with E-state index in [0.717, 1.165) is 31.3 Å². The van der Waals surface area contributed by atoms with E-state index in [2.05, 4.69) is 22.2 Å². The highest BCUT2D eigenvalue weighted by atomic mass is 15.0. The first kappa shape index (κ1) is 8.36. The summed E-state index contributed by atoms with van der Waals surface area (Å²) in [4.78, 5) is 9.19. The minimum Gasteiger partial charge on any atom is -0.307 e. The van der Waals surface area contributed by atoms with E-state index in [9.17, 15) is 0 Å². The first-order valence-electron chi connectivity index (χ1n) is 5.39. The summed E-state index contributed by atoms with van der Waals surface area (Å²) >= 11 is 0. The predicted octanol–water partition coefficient (Wildman–Crippen LogP) is 1.34. The van der Waals surface area contributed by atoms with Gasteiger partial charge in [-0.2, -0.15) is 0 Å². The summed E-state index contributed by atoms with van der Waals surface area (Å²) < 4.78 is 0. The third kappa shape index (κ3) is 1.42. The van der Waals surface area contributed by atoms with E-state index in [1.54, 1.807) is 0 Å². The number of hydrogen-bond acceptors (Lipinski definition) is 3. The molecule has 1 N–H and O–H groups in total. The molecule has 0 bridgehead atoms. The molecule has 2 aliphatic rings. The predicted molar refractivity (Wildman–Crippen MR) is 53.7 cm³/mol. The van der Waals surface area contributed by atoms with Crippen molar-refractivity contribution in [3.8, 4) is 0 Å². The van der Waals surface area contributed by atoms with Crippen molar-refractivity contribution in [2.24, 2.45) is 5.92 Å². The maximum atomic E-state index is 4.62. The third-order valence-corrected chi connectivity index (χ3v) is 3.11. The van der Waals surface area contributed by atoms with E-state index in [1.165, 1.54) is 29.8 Å². The average molecular weight is 189 g/mol. The minimum atomic E-state index is 0.877. The molecule has 3 heteroatoms. The number of hydrogen-bond donors (Lipinski definition) is 1. The molecule has 3 nitrogen and oxygen atoms in total. The summed E-state index contributed by atoms with van der Waals surface area (Å²) in [5, 5.41) is 3.32. The average Bonchev–Trinajstić information content (AvgIpc) is 2.82. The molecule has 2 heterocycles. The van der Waals surface area contributed by atoms with Crippen molar-refractivity contribution in [3.05, 3.63) is 22.8 Å². The molecule has 0 amide bonds. The summed E-state index contributed by atoms with van der Waals surface area (Å²) in [7, 11) is 0. The van der Waals surface area contributed by atoms with Crippen LogP contribution < -0.4 is 5.32 Å². The van der Waals surface area contributed by atoms with Crippen LogP contribution in [-0.4, -0.2) is 9.97 Å². The highest BCUT2D eigenvalue weighted by molar-refractivity contribution is 5.28. The lowest BCUT2D eigenvalue weighted by atomic mass is 10.2. The molecule has 1 saturated carbocycles. The molecule has 14 heavy (non-hydrogen) atoms. The lowest BCUT2D eigenvalue weighted by Gasteiger charge is -2.05. The maximum Gasteiger partial charge on any atom is 0.129 e. The number of nitrogens with one attached hydrogen (secondary N) is 1. The van der Waals surface area contributed by atoms with Crippen LogP contribution in [0.4, 0.5) is 0 Å². The molecule has 1 fully saturated rings. The summed E-state index contributed by atoms with van der Waals surface area (Å²) in [5.74, 6) is 1.94. The molecule has 1 aliphatic heterocycles.